The van der Waals surface area contributed by atoms with Crippen LogP contribution in [0.4, 0.5) is 5.69 Å². The Kier molecular flexibility index (Phi) is 5.15. The standard InChI is InChI=1S/C16H19N3O2/c1-12-4-2-6-14(19-12)11-18-16(20)8-9-21-15-7-3-5-13(17)10-15/h2-7,10H,8-9,11,17H2,1H3,(H,18,20). The van der Waals surface area contributed by atoms with Crippen molar-refractivity contribution in [1.29, 1.82) is 0 Å². The lowest BCUT2D eigenvalue weighted by molar-refractivity contribution is -0.121. The molecule has 3 N–H and O–H groups in total. The molecule has 0 unspecified atom stereocenters. The van der Waals surface area contributed by atoms with Crippen LogP contribution in [0.25, 0.3) is 0 Å². The molecule has 0 saturated heterocycles. The quantitative estimate of drug-likeness (QED) is 0.796. The van der Waals surface area contributed by atoms with Crippen molar-refractivity contribution in [3.63, 3.8) is 0 Å². The van der Waals surface area contributed by atoms with Gasteiger partial charge >= 0.3 is 0 Å². The van der Waals surface area contributed by atoms with Crippen LogP contribution in [0.5, 0.6) is 5.75 Å². The molecule has 0 bridgehead atoms. The van der Waals surface area contributed by atoms with Gasteiger partial charge in [0.25, 0.3) is 0 Å². The maximum atomic E-state index is 11.7. The molecule has 0 aliphatic carbocycles. The number of nitrogens with two attached hydrogens (primary N) is 1. The van der Waals surface area contributed by atoms with E-state index in [1.807, 2.05) is 37.3 Å². The van der Waals surface area contributed by atoms with Crippen molar-refractivity contribution in [2.45, 2.75) is 19.9 Å². The van der Waals surface area contributed by atoms with E-state index < -0.39 is 0 Å². The van der Waals surface area contributed by atoms with Gasteiger partial charge in [-0.25, -0.2) is 0 Å². The molecule has 1 aromatic heterocycles. The second-order valence-electron chi connectivity index (χ2n) is 4.72. The molecule has 110 valence electrons. The summed E-state index contributed by atoms with van der Waals surface area (Å²) in [6.45, 7) is 2.67. The molecule has 21 heavy (non-hydrogen) atoms. The van der Waals surface area contributed by atoms with Crippen LogP contribution in [0.2, 0.25) is 0 Å². The smallest absolute Gasteiger partial charge is 0.223 e. The van der Waals surface area contributed by atoms with Crippen molar-refractivity contribution in [3.05, 3.63) is 53.9 Å². The van der Waals surface area contributed by atoms with Gasteiger partial charge in [0.15, 0.2) is 0 Å². The highest BCUT2D eigenvalue weighted by molar-refractivity contribution is 5.75. The molecule has 0 radical (unpaired) electrons. The monoisotopic (exact) mass is 285 g/mol. The third kappa shape index (κ3) is 5.14. The number of ether oxygens (including phenoxy) is 1. The van der Waals surface area contributed by atoms with Gasteiger partial charge in [-0.05, 0) is 31.2 Å². The van der Waals surface area contributed by atoms with E-state index in [4.69, 9.17) is 10.5 Å². The molecule has 0 aliphatic rings. The minimum absolute atomic E-state index is 0.0674. The molecule has 0 aliphatic heterocycles. The third-order valence-corrected chi connectivity index (χ3v) is 2.87. The van der Waals surface area contributed by atoms with E-state index in [-0.39, 0.29) is 5.91 Å². The number of hydrogen-bond donors (Lipinski definition) is 2. The molecule has 2 aromatic rings. The summed E-state index contributed by atoms with van der Waals surface area (Å²) in [5.74, 6) is 0.602. The Labute approximate surface area is 124 Å². The minimum atomic E-state index is -0.0674. The predicted octanol–water partition coefficient (Wildman–Crippen LogP) is 2.06. The summed E-state index contributed by atoms with van der Waals surface area (Å²) < 4.78 is 5.47. The van der Waals surface area contributed by atoms with Gasteiger partial charge in [0.2, 0.25) is 5.91 Å². The number of nitrogen functional groups attached to an aromatic ring is 1. The molecule has 5 heteroatoms. The lowest BCUT2D eigenvalue weighted by Gasteiger charge is -2.08. The first-order chi connectivity index (χ1) is 10.1. The Morgan fingerprint density at radius 3 is 2.86 bits per heavy atom. The number of hydrogen-bond acceptors (Lipinski definition) is 4. The molecule has 0 fully saturated rings. The van der Waals surface area contributed by atoms with Crippen molar-refractivity contribution in [3.8, 4) is 5.75 Å². The number of aromatic nitrogens is 1. The van der Waals surface area contributed by atoms with Gasteiger partial charge in [0, 0.05) is 17.4 Å². The third-order valence-electron chi connectivity index (χ3n) is 2.87. The van der Waals surface area contributed by atoms with Crippen LogP contribution in [-0.4, -0.2) is 17.5 Å². The SMILES string of the molecule is Cc1cccc(CNC(=O)CCOc2cccc(N)c2)n1. The van der Waals surface area contributed by atoms with Gasteiger partial charge in [-0.1, -0.05) is 12.1 Å². The van der Waals surface area contributed by atoms with E-state index in [9.17, 15) is 4.79 Å². The largest absolute Gasteiger partial charge is 0.493 e. The fraction of sp³-hybridized carbons (Fsp3) is 0.250. The zero-order chi connectivity index (χ0) is 15.1. The van der Waals surface area contributed by atoms with Crippen LogP contribution in [0.3, 0.4) is 0 Å². The first-order valence-corrected chi connectivity index (χ1v) is 6.81. The second-order valence-corrected chi connectivity index (χ2v) is 4.72. The second kappa shape index (κ2) is 7.28. The number of rotatable bonds is 6. The number of nitrogens with one attached hydrogen (secondary N) is 1. The van der Waals surface area contributed by atoms with Crippen molar-refractivity contribution in [1.82, 2.24) is 10.3 Å². The van der Waals surface area contributed by atoms with E-state index in [2.05, 4.69) is 10.3 Å². The van der Waals surface area contributed by atoms with E-state index >= 15 is 0 Å². The van der Waals surface area contributed by atoms with Gasteiger partial charge in [0.1, 0.15) is 5.75 Å². The van der Waals surface area contributed by atoms with E-state index in [0.29, 0.717) is 31.0 Å². The van der Waals surface area contributed by atoms with Crippen LogP contribution in [0.1, 0.15) is 17.8 Å². The Balaban J connectivity index is 1.70. The predicted molar refractivity (Wildman–Crippen MR) is 81.8 cm³/mol. The Hall–Kier alpha value is -2.56. The van der Waals surface area contributed by atoms with Gasteiger partial charge in [-0.15, -0.1) is 0 Å². The number of amides is 1. The molecular weight excluding hydrogens is 266 g/mol. The topological polar surface area (TPSA) is 77.2 Å². The van der Waals surface area contributed by atoms with Crippen LogP contribution in [-0.2, 0) is 11.3 Å². The molecule has 2 rings (SSSR count). The number of carbonyl (C=O) groups excluding carboxylic acids is 1. The summed E-state index contributed by atoms with van der Waals surface area (Å²) in [6.07, 6.45) is 0.292. The number of benzene rings is 1. The number of anilines is 1. The highest BCUT2D eigenvalue weighted by Gasteiger charge is 2.03. The van der Waals surface area contributed by atoms with E-state index in [1.54, 1.807) is 12.1 Å². The fourth-order valence-electron chi connectivity index (χ4n) is 1.84. The lowest BCUT2D eigenvalue weighted by Crippen LogP contribution is -2.24. The summed E-state index contributed by atoms with van der Waals surface area (Å²) in [4.78, 5) is 16.0. The molecular formula is C16H19N3O2. The van der Waals surface area contributed by atoms with Crippen molar-refractivity contribution in [2.75, 3.05) is 12.3 Å². The van der Waals surface area contributed by atoms with E-state index in [0.717, 1.165) is 11.4 Å². The Morgan fingerprint density at radius 1 is 1.29 bits per heavy atom. The maximum absolute atomic E-state index is 11.7. The molecule has 0 spiro atoms. The van der Waals surface area contributed by atoms with Gasteiger partial charge < -0.3 is 15.8 Å². The summed E-state index contributed by atoms with van der Waals surface area (Å²) in [5.41, 5.74) is 8.07. The van der Waals surface area contributed by atoms with Gasteiger partial charge in [-0.3, -0.25) is 9.78 Å². The van der Waals surface area contributed by atoms with Crippen LogP contribution >= 0.6 is 0 Å². The molecule has 5 nitrogen and oxygen atoms in total. The summed E-state index contributed by atoms with van der Waals surface area (Å²) >= 11 is 0. The maximum Gasteiger partial charge on any atom is 0.223 e. The van der Waals surface area contributed by atoms with Crippen molar-refractivity contribution < 1.29 is 9.53 Å². The van der Waals surface area contributed by atoms with Crippen LogP contribution < -0.4 is 15.8 Å². The molecule has 0 saturated carbocycles. The Bertz CT molecular complexity index is 614. The Morgan fingerprint density at radius 2 is 2.10 bits per heavy atom. The average Bonchev–Trinajstić information content (AvgIpc) is 2.45. The molecule has 1 heterocycles. The summed E-state index contributed by atoms with van der Waals surface area (Å²) in [5, 5.41) is 2.82. The average molecular weight is 285 g/mol. The zero-order valence-electron chi connectivity index (χ0n) is 12.0. The summed E-state index contributed by atoms with van der Waals surface area (Å²) in [6, 6.07) is 12.9. The molecule has 1 amide bonds. The molecule has 0 atom stereocenters. The highest BCUT2D eigenvalue weighted by atomic mass is 16.5. The first-order valence-electron chi connectivity index (χ1n) is 6.81. The molecule has 1 aromatic carbocycles. The zero-order valence-corrected chi connectivity index (χ0v) is 12.0. The van der Waals surface area contributed by atoms with Crippen LogP contribution in [0.15, 0.2) is 42.5 Å². The highest BCUT2D eigenvalue weighted by Crippen LogP contribution is 2.14. The number of aryl methyl sites for hydroxylation is 1. The number of carbonyl (C=O) groups is 1. The number of nitrogens with zero attached hydrogens (tertiary/aromatic N) is 1. The van der Waals surface area contributed by atoms with Gasteiger partial charge in [-0.2, -0.15) is 0 Å². The minimum Gasteiger partial charge on any atom is -0.493 e. The van der Waals surface area contributed by atoms with E-state index in [1.165, 1.54) is 0 Å². The number of pyridine rings is 1. The van der Waals surface area contributed by atoms with Gasteiger partial charge in [0.05, 0.1) is 25.3 Å². The normalized spacial score (nSPS) is 10.1. The fourth-order valence-corrected chi connectivity index (χ4v) is 1.84. The first kappa shape index (κ1) is 14.8. The summed E-state index contributed by atoms with van der Waals surface area (Å²) in [7, 11) is 0. The van der Waals surface area contributed by atoms with Crippen LogP contribution in [0, 0.1) is 6.92 Å². The lowest BCUT2D eigenvalue weighted by atomic mass is 10.3. The van der Waals surface area contributed by atoms with Crippen molar-refractivity contribution >= 4 is 11.6 Å². The van der Waals surface area contributed by atoms with Crippen molar-refractivity contribution in [2.24, 2.45) is 0 Å².